The number of nitro benzene ring substituents is 1. The van der Waals surface area contributed by atoms with Gasteiger partial charge in [0.2, 0.25) is 0 Å². The van der Waals surface area contributed by atoms with E-state index in [2.05, 4.69) is 20.7 Å². The molecule has 0 unspecified atom stereocenters. The molecule has 0 saturated carbocycles. The van der Waals surface area contributed by atoms with Gasteiger partial charge in [0, 0.05) is 16.2 Å². The highest BCUT2D eigenvalue weighted by Gasteiger charge is 2.20. The van der Waals surface area contributed by atoms with Crippen molar-refractivity contribution in [3.63, 3.8) is 0 Å². The summed E-state index contributed by atoms with van der Waals surface area (Å²) in [4.78, 5) is 9.83. The molecule has 9 heteroatoms. The molecular weight excluding hydrogens is 384 g/mol. The number of hydrogen-bond donors (Lipinski definition) is 1. The summed E-state index contributed by atoms with van der Waals surface area (Å²) in [7, 11) is -3.93. The van der Waals surface area contributed by atoms with Gasteiger partial charge >= 0.3 is 0 Å². The molecule has 2 aromatic carbocycles. The van der Waals surface area contributed by atoms with Gasteiger partial charge in [-0.1, -0.05) is 27.5 Å². The van der Waals surface area contributed by atoms with Crippen molar-refractivity contribution < 1.29 is 13.3 Å². The molecule has 0 spiro atoms. The fourth-order valence-electron chi connectivity index (χ4n) is 1.53. The van der Waals surface area contributed by atoms with E-state index in [9.17, 15) is 18.5 Å². The van der Waals surface area contributed by atoms with Crippen LogP contribution in [0, 0.1) is 10.1 Å². The second-order valence-electron chi connectivity index (χ2n) is 3.98. The van der Waals surface area contributed by atoms with Gasteiger partial charge < -0.3 is 0 Å². The molecule has 0 aliphatic carbocycles. The van der Waals surface area contributed by atoms with E-state index < -0.39 is 20.6 Å². The van der Waals surface area contributed by atoms with Crippen LogP contribution < -0.4 is 4.72 Å². The first-order valence-corrected chi connectivity index (χ1v) is 8.17. The van der Waals surface area contributed by atoms with E-state index in [1.165, 1.54) is 12.1 Å². The zero-order valence-electron chi connectivity index (χ0n) is 10.3. The molecule has 0 aromatic heterocycles. The fraction of sp³-hybridized carbons (Fsp3) is 0. The van der Waals surface area contributed by atoms with Crippen molar-refractivity contribution in [3.05, 3.63) is 62.1 Å². The summed E-state index contributed by atoms with van der Waals surface area (Å²) in [6.45, 7) is 0. The van der Waals surface area contributed by atoms with Crippen LogP contribution in [0.4, 0.5) is 11.4 Å². The lowest BCUT2D eigenvalue weighted by molar-refractivity contribution is -0.384. The van der Waals surface area contributed by atoms with Crippen molar-refractivity contribution in [3.8, 4) is 0 Å². The van der Waals surface area contributed by atoms with E-state index in [4.69, 9.17) is 11.6 Å². The maximum Gasteiger partial charge on any atom is 0.289 e. The summed E-state index contributed by atoms with van der Waals surface area (Å²) in [5.74, 6) is 0. The molecule has 0 saturated heterocycles. The minimum absolute atomic E-state index is 0.123. The van der Waals surface area contributed by atoms with Gasteiger partial charge in [-0.25, -0.2) is 8.42 Å². The zero-order valence-corrected chi connectivity index (χ0v) is 13.4. The molecule has 2 rings (SSSR count). The summed E-state index contributed by atoms with van der Waals surface area (Å²) in [5.41, 5.74) is -0.119. The van der Waals surface area contributed by atoms with Crippen molar-refractivity contribution in [2.24, 2.45) is 0 Å². The Kier molecular flexibility index (Phi) is 4.50. The van der Waals surface area contributed by atoms with Gasteiger partial charge in [0.05, 0.1) is 9.82 Å². The van der Waals surface area contributed by atoms with Crippen LogP contribution in [0.1, 0.15) is 0 Å². The molecule has 6 nitrogen and oxygen atoms in total. The standard InChI is InChI=1S/C12H8BrClN2O4S/c13-8-1-3-9(4-2-8)15-21(19,20)10-5-6-11(14)12(7-10)16(17)18/h1-7,15H. The van der Waals surface area contributed by atoms with Crippen LogP contribution in [-0.2, 0) is 10.0 Å². The largest absolute Gasteiger partial charge is 0.289 e. The van der Waals surface area contributed by atoms with Crippen molar-refractivity contribution in [1.29, 1.82) is 0 Å². The Morgan fingerprint density at radius 2 is 1.76 bits per heavy atom. The van der Waals surface area contributed by atoms with E-state index in [-0.39, 0.29) is 9.92 Å². The second-order valence-corrected chi connectivity index (χ2v) is 6.99. The Balaban J connectivity index is 2.38. The van der Waals surface area contributed by atoms with Crippen LogP contribution >= 0.6 is 27.5 Å². The number of nitro groups is 1. The second kappa shape index (κ2) is 6.00. The minimum Gasteiger partial charge on any atom is -0.280 e. The van der Waals surface area contributed by atoms with Gasteiger partial charge in [-0.3, -0.25) is 14.8 Å². The summed E-state index contributed by atoms with van der Waals surface area (Å²) in [6, 6.07) is 9.76. The van der Waals surface area contributed by atoms with E-state index >= 15 is 0 Å². The third-order valence-electron chi connectivity index (χ3n) is 2.52. The summed E-state index contributed by atoms with van der Waals surface area (Å²) in [6.07, 6.45) is 0. The molecule has 0 aliphatic heterocycles. The number of sulfonamides is 1. The molecule has 0 atom stereocenters. The normalized spacial score (nSPS) is 11.1. The van der Waals surface area contributed by atoms with Gasteiger partial charge in [-0.15, -0.1) is 0 Å². The first kappa shape index (κ1) is 15.7. The van der Waals surface area contributed by atoms with Gasteiger partial charge in [0.25, 0.3) is 15.7 Å². The fourth-order valence-corrected chi connectivity index (χ4v) is 3.06. The van der Waals surface area contributed by atoms with E-state index in [0.29, 0.717) is 5.69 Å². The van der Waals surface area contributed by atoms with E-state index in [0.717, 1.165) is 10.5 Å². The quantitative estimate of drug-likeness (QED) is 0.634. The molecule has 0 amide bonds. The molecule has 2 aromatic rings. The number of benzene rings is 2. The monoisotopic (exact) mass is 390 g/mol. The maximum absolute atomic E-state index is 12.2. The van der Waals surface area contributed by atoms with Crippen LogP contribution in [0.15, 0.2) is 51.8 Å². The van der Waals surface area contributed by atoms with E-state index in [1.807, 2.05) is 0 Å². The summed E-state index contributed by atoms with van der Waals surface area (Å²) < 4.78 is 27.5. The number of rotatable bonds is 4. The Hall–Kier alpha value is -1.64. The van der Waals surface area contributed by atoms with Crippen molar-refractivity contribution in [1.82, 2.24) is 0 Å². The van der Waals surface area contributed by atoms with Crippen molar-refractivity contribution >= 4 is 48.9 Å². The molecule has 110 valence electrons. The molecule has 0 fully saturated rings. The lowest BCUT2D eigenvalue weighted by Gasteiger charge is -2.08. The summed E-state index contributed by atoms with van der Waals surface area (Å²) in [5, 5.41) is 10.7. The molecule has 0 heterocycles. The molecule has 0 aliphatic rings. The molecular formula is C12H8BrClN2O4S. The van der Waals surface area contributed by atoms with Crippen LogP contribution in [0.25, 0.3) is 0 Å². The van der Waals surface area contributed by atoms with Crippen molar-refractivity contribution in [2.45, 2.75) is 4.90 Å². The maximum atomic E-state index is 12.2. The third-order valence-corrected chi connectivity index (χ3v) is 4.75. The first-order chi connectivity index (χ1) is 9.79. The predicted molar refractivity (Wildman–Crippen MR) is 83.1 cm³/mol. The number of halogens is 2. The molecule has 0 radical (unpaired) electrons. The van der Waals surface area contributed by atoms with Crippen LogP contribution in [0.3, 0.4) is 0 Å². The van der Waals surface area contributed by atoms with E-state index in [1.54, 1.807) is 24.3 Å². The van der Waals surface area contributed by atoms with Crippen LogP contribution in [-0.4, -0.2) is 13.3 Å². The van der Waals surface area contributed by atoms with Gasteiger partial charge in [0.15, 0.2) is 0 Å². The minimum atomic E-state index is -3.93. The number of nitrogens with zero attached hydrogens (tertiary/aromatic N) is 1. The SMILES string of the molecule is O=[N+]([O-])c1cc(S(=O)(=O)Nc2ccc(Br)cc2)ccc1Cl. The highest BCUT2D eigenvalue weighted by molar-refractivity contribution is 9.10. The van der Waals surface area contributed by atoms with Gasteiger partial charge in [-0.2, -0.15) is 0 Å². The topological polar surface area (TPSA) is 89.3 Å². The number of anilines is 1. The zero-order chi connectivity index (χ0) is 15.6. The highest BCUT2D eigenvalue weighted by atomic mass is 79.9. The molecule has 21 heavy (non-hydrogen) atoms. The van der Waals surface area contributed by atoms with Crippen LogP contribution in [0.5, 0.6) is 0 Å². The average Bonchev–Trinajstić information content (AvgIpc) is 2.41. The Morgan fingerprint density at radius 1 is 1.14 bits per heavy atom. The molecule has 1 N–H and O–H groups in total. The van der Waals surface area contributed by atoms with Gasteiger partial charge in [0.1, 0.15) is 5.02 Å². The Bertz CT molecular complexity index is 793. The average molecular weight is 392 g/mol. The van der Waals surface area contributed by atoms with Crippen LogP contribution in [0.2, 0.25) is 5.02 Å². The highest BCUT2D eigenvalue weighted by Crippen LogP contribution is 2.28. The smallest absolute Gasteiger partial charge is 0.280 e. The number of hydrogen-bond acceptors (Lipinski definition) is 4. The summed E-state index contributed by atoms with van der Waals surface area (Å²) >= 11 is 8.89. The molecule has 0 bridgehead atoms. The van der Waals surface area contributed by atoms with Crippen molar-refractivity contribution in [2.75, 3.05) is 4.72 Å². The lowest BCUT2D eigenvalue weighted by atomic mass is 10.3. The number of nitrogens with one attached hydrogen (secondary N) is 1. The Labute approximate surface area is 134 Å². The third kappa shape index (κ3) is 3.72. The Morgan fingerprint density at radius 3 is 2.33 bits per heavy atom. The first-order valence-electron chi connectivity index (χ1n) is 5.52. The predicted octanol–water partition coefficient (Wildman–Crippen LogP) is 3.81. The lowest BCUT2D eigenvalue weighted by Crippen LogP contribution is -2.13. The van der Waals surface area contributed by atoms with Gasteiger partial charge in [-0.05, 0) is 36.4 Å².